The third-order valence-corrected chi connectivity index (χ3v) is 6.11. The molecule has 7 nitrogen and oxygen atoms in total. The number of rotatable bonds is 6. The SMILES string of the molecule is CCCn1nccc1NC(=O)c1cc(S(=O)(=O)N(C)C)ccc1I. The number of sulfonamides is 1. The molecule has 0 atom stereocenters. The Morgan fingerprint density at radius 3 is 2.67 bits per heavy atom. The van der Waals surface area contributed by atoms with E-state index in [1.54, 1.807) is 23.0 Å². The molecule has 0 unspecified atom stereocenters. The highest BCUT2D eigenvalue weighted by atomic mass is 127. The Morgan fingerprint density at radius 1 is 1.33 bits per heavy atom. The molecule has 0 spiro atoms. The summed E-state index contributed by atoms with van der Waals surface area (Å²) in [5.74, 6) is 0.214. The van der Waals surface area contributed by atoms with Crippen LogP contribution in [0.15, 0.2) is 35.4 Å². The van der Waals surface area contributed by atoms with Gasteiger partial charge in [0.2, 0.25) is 10.0 Å². The van der Waals surface area contributed by atoms with Crippen LogP contribution in [0.25, 0.3) is 0 Å². The van der Waals surface area contributed by atoms with Crippen LogP contribution in [0.1, 0.15) is 23.7 Å². The number of halogens is 1. The van der Waals surface area contributed by atoms with Gasteiger partial charge in [0.1, 0.15) is 5.82 Å². The molecule has 0 aliphatic heterocycles. The second-order valence-electron chi connectivity index (χ2n) is 5.32. The number of nitrogens with one attached hydrogen (secondary N) is 1. The van der Waals surface area contributed by atoms with Gasteiger partial charge in [-0.15, -0.1) is 0 Å². The first-order valence-corrected chi connectivity index (χ1v) is 9.84. The molecule has 0 aliphatic carbocycles. The van der Waals surface area contributed by atoms with Crippen LogP contribution in [0.3, 0.4) is 0 Å². The number of carbonyl (C=O) groups is 1. The van der Waals surface area contributed by atoms with Crippen molar-refractivity contribution in [1.82, 2.24) is 14.1 Å². The van der Waals surface area contributed by atoms with Crippen LogP contribution in [-0.2, 0) is 16.6 Å². The van der Waals surface area contributed by atoms with Gasteiger partial charge in [-0.2, -0.15) is 5.10 Å². The molecule has 9 heteroatoms. The first-order chi connectivity index (χ1) is 11.3. The summed E-state index contributed by atoms with van der Waals surface area (Å²) in [6, 6.07) is 6.22. The molecule has 130 valence electrons. The summed E-state index contributed by atoms with van der Waals surface area (Å²) in [6.07, 6.45) is 2.50. The van der Waals surface area contributed by atoms with Gasteiger partial charge in [0.25, 0.3) is 5.91 Å². The molecule has 0 fully saturated rings. The Bertz CT molecular complexity index is 846. The lowest BCUT2D eigenvalue weighted by atomic mass is 10.2. The molecule has 1 N–H and O–H groups in total. The van der Waals surface area contributed by atoms with Gasteiger partial charge >= 0.3 is 0 Å². The van der Waals surface area contributed by atoms with E-state index in [9.17, 15) is 13.2 Å². The molecule has 1 heterocycles. The number of carbonyl (C=O) groups excluding carboxylic acids is 1. The first kappa shape index (κ1) is 18.9. The van der Waals surface area contributed by atoms with Gasteiger partial charge in [0, 0.05) is 30.3 Å². The van der Waals surface area contributed by atoms with Crippen LogP contribution < -0.4 is 5.32 Å². The van der Waals surface area contributed by atoms with E-state index < -0.39 is 10.0 Å². The Hall–Kier alpha value is -1.46. The fourth-order valence-electron chi connectivity index (χ4n) is 2.06. The Morgan fingerprint density at radius 2 is 2.04 bits per heavy atom. The molecular weight excluding hydrogens is 443 g/mol. The van der Waals surface area contributed by atoms with E-state index >= 15 is 0 Å². The van der Waals surface area contributed by atoms with E-state index in [1.807, 2.05) is 29.5 Å². The van der Waals surface area contributed by atoms with E-state index in [-0.39, 0.29) is 10.8 Å². The zero-order chi connectivity index (χ0) is 17.9. The second-order valence-corrected chi connectivity index (χ2v) is 8.64. The average molecular weight is 462 g/mol. The molecule has 24 heavy (non-hydrogen) atoms. The smallest absolute Gasteiger partial charge is 0.257 e. The molecule has 0 aliphatic rings. The Balaban J connectivity index is 2.34. The van der Waals surface area contributed by atoms with E-state index in [0.29, 0.717) is 21.5 Å². The zero-order valence-corrected chi connectivity index (χ0v) is 16.6. The number of amides is 1. The predicted molar refractivity (Wildman–Crippen MR) is 101 cm³/mol. The molecule has 1 amide bonds. The molecule has 0 saturated carbocycles. The van der Waals surface area contributed by atoms with Gasteiger partial charge in [0.05, 0.1) is 16.7 Å². The molecule has 0 saturated heterocycles. The van der Waals surface area contributed by atoms with Gasteiger partial charge in [-0.25, -0.2) is 17.4 Å². The predicted octanol–water partition coefficient (Wildman–Crippen LogP) is 2.40. The third kappa shape index (κ3) is 3.95. The minimum atomic E-state index is -3.60. The van der Waals surface area contributed by atoms with Crippen molar-refractivity contribution in [3.8, 4) is 0 Å². The number of aryl methyl sites for hydroxylation is 1. The summed E-state index contributed by atoms with van der Waals surface area (Å²) in [7, 11) is -0.687. The largest absolute Gasteiger partial charge is 0.307 e. The lowest BCUT2D eigenvalue weighted by molar-refractivity contribution is 0.102. The van der Waals surface area contributed by atoms with Crippen molar-refractivity contribution in [3.05, 3.63) is 39.6 Å². The van der Waals surface area contributed by atoms with E-state index in [2.05, 4.69) is 10.4 Å². The molecule has 2 aromatic rings. The monoisotopic (exact) mass is 462 g/mol. The zero-order valence-electron chi connectivity index (χ0n) is 13.7. The van der Waals surface area contributed by atoms with Gasteiger partial charge in [-0.1, -0.05) is 6.92 Å². The highest BCUT2D eigenvalue weighted by Gasteiger charge is 2.21. The number of benzene rings is 1. The molecule has 0 bridgehead atoms. The van der Waals surface area contributed by atoms with Crippen molar-refractivity contribution in [2.75, 3.05) is 19.4 Å². The van der Waals surface area contributed by atoms with Crippen molar-refractivity contribution >= 4 is 44.3 Å². The summed E-state index contributed by atoms with van der Waals surface area (Å²) >= 11 is 2.01. The van der Waals surface area contributed by atoms with Gasteiger partial charge in [0.15, 0.2) is 0 Å². The minimum absolute atomic E-state index is 0.0835. The summed E-state index contributed by atoms with van der Waals surface area (Å²) in [5.41, 5.74) is 0.308. The maximum absolute atomic E-state index is 12.6. The standard InChI is InChI=1S/C15H19IN4O3S/c1-4-9-20-14(7-8-17-20)18-15(21)12-10-11(5-6-13(12)16)24(22,23)19(2)3/h5-8,10H,4,9H2,1-3H3,(H,18,21). The van der Waals surface area contributed by atoms with Gasteiger partial charge < -0.3 is 5.32 Å². The topological polar surface area (TPSA) is 84.3 Å². The fourth-order valence-corrected chi connectivity index (χ4v) is 3.57. The summed E-state index contributed by atoms with van der Waals surface area (Å²) in [5, 5.41) is 6.94. The van der Waals surface area contributed by atoms with E-state index in [1.165, 1.54) is 26.2 Å². The Labute approximate surface area is 155 Å². The van der Waals surface area contributed by atoms with Crippen LogP contribution in [0.5, 0.6) is 0 Å². The summed E-state index contributed by atoms with van der Waals surface area (Å²) in [4.78, 5) is 12.7. The van der Waals surface area contributed by atoms with E-state index in [0.717, 1.165) is 10.7 Å². The quantitative estimate of drug-likeness (QED) is 0.669. The molecular formula is C15H19IN4O3S. The number of anilines is 1. The second kappa shape index (κ2) is 7.62. The van der Waals surface area contributed by atoms with Crippen LogP contribution in [0, 0.1) is 3.57 Å². The number of aromatic nitrogens is 2. The van der Waals surface area contributed by atoms with Crippen molar-refractivity contribution in [3.63, 3.8) is 0 Å². The molecule has 2 rings (SSSR count). The lowest BCUT2D eigenvalue weighted by Gasteiger charge is -2.13. The van der Waals surface area contributed by atoms with Crippen molar-refractivity contribution < 1.29 is 13.2 Å². The van der Waals surface area contributed by atoms with Gasteiger partial charge in [-0.05, 0) is 47.2 Å². The van der Waals surface area contributed by atoms with E-state index in [4.69, 9.17) is 0 Å². The van der Waals surface area contributed by atoms with Crippen molar-refractivity contribution in [1.29, 1.82) is 0 Å². The highest BCUT2D eigenvalue weighted by Crippen LogP contribution is 2.21. The molecule has 1 aromatic carbocycles. The van der Waals surface area contributed by atoms with Crippen LogP contribution in [0.4, 0.5) is 5.82 Å². The molecule has 0 radical (unpaired) electrons. The Kier molecular flexibility index (Phi) is 5.99. The maximum Gasteiger partial charge on any atom is 0.257 e. The summed E-state index contributed by atoms with van der Waals surface area (Å²) < 4.78 is 28.0. The third-order valence-electron chi connectivity index (χ3n) is 3.35. The normalized spacial score (nSPS) is 11.7. The van der Waals surface area contributed by atoms with Crippen LogP contribution in [-0.4, -0.2) is 42.5 Å². The van der Waals surface area contributed by atoms with Gasteiger partial charge in [-0.3, -0.25) is 4.79 Å². The minimum Gasteiger partial charge on any atom is -0.307 e. The summed E-state index contributed by atoms with van der Waals surface area (Å²) in [6.45, 7) is 2.71. The lowest BCUT2D eigenvalue weighted by Crippen LogP contribution is -2.23. The van der Waals surface area contributed by atoms with Crippen LogP contribution >= 0.6 is 22.6 Å². The van der Waals surface area contributed by atoms with Crippen molar-refractivity contribution in [2.45, 2.75) is 24.8 Å². The first-order valence-electron chi connectivity index (χ1n) is 7.32. The molecule has 1 aromatic heterocycles. The maximum atomic E-state index is 12.6. The number of hydrogen-bond acceptors (Lipinski definition) is 4. The fraction of sp³-hybridized carbons (Fsp3) is 0.333. The van der Waals surface area contributed by atoms with Crippen molar-refractivity contribution in [2.24, 2.45) is 0 Å². The number of nitrogens with zero attached hydrogens (tertiary/aromatic N) is 3. The average Bonchev–Trinajstić information content (AvgIpc) is 2.94. The van der Waals surface area contributed by atoms with Crippen LogP contribution in [0.2, 0.25) is 0 Å². The highest BCUT2D eigenvalue weighted by molar-refractivity contribution is 14.1. The number of hydrogen-bond donors (Lipinski definition) is 1.